The van der Waals surface area contributed by atoms with Crippen molar-refractivity contribution in [1.29, 1.82) is 0 Å². The zero-order chi connectivity index (χ0) is 15.4. The number of hydrogen-bond donors (Lipinski definition) is 2. The molecule has 0 saturated carbocycles. The summed E-state index contributed by atoms with van der Waals surface area (Å²) in [5, 5.41) is 28.4. The summed E-state index contributed by atoms with van der Waals surface area (Å²) in [6, 6.07) is 0.267. The average Bonchev–Trinajstić information content (AvgIpc) is 2.72. The molecule has 2 rings (SSSR count). The molecule has 2 heterocycles. The van der Waals surface area contributed by atoms with E-state index in [4.69, 9.17) is 4.74 Å². The summed E-state index contributed by atoms with van der Waals surface area (Å²) >= 11 is 0. The molecule has 118 valence electrons. The molecule has 2 unspecified atom stereocenters. The minimum Gasteiger partial charge on any atom is -0.390 e. The van der Waals surface area contributed by atoms with Crippen molar-refractivity contribution >= 4 is 5.69 Å². The van der Waals surface area contributed by atoms with Gasteiger partial charge in [-0.1, -0.05) is 0 Å². The molecule has 0 bridgehead atoms. The second kappa shape index (κ2) is 6.97. The quantitative estimate of drug-likeness (QED) is 0.587. The summed E-state index contributed by atoms with van der Waals surface area (Å²) < 4.78 is 6.86. The third-order valence-corrected chi connectivity index (χ3v) is 3.71. The summed E-state index contributed by atoms with van der Waals surface area (Å²) in [6.45, 7) is 5.37. The number of hydrogen-bond acceptors (Lipinski definition) is 6. The smallest absolute Gasteiger partial charge is 0.312 e. The van der Waals surface area contributed by atoms with Gasteiger partial charge in [0.25, 0.3) is 0 Å². The van der Waals surface area contributed by atoms with Crippen LogP contribution in [0.5, 0.6) is 0 Å². The molecule has 1 aliphatic heterocycles. The molecule has 2 N–H and O–H groups in total. The van der Waals surface area contributed by atoms with Gasteiger partial charge < -0.3 is 15.2 Å². The predicted molar refractivity (Wildman–Crippen MR) is 76.2 cm³/mol. The van der Waals surface area contributed by atoms with Gasteiger partial charge >= 0.3 is 5.69 Å². The largest absolute Gasteiger partial charge is 0.390 e. The fraction of sp³-hybridized carbons (Fsp3) is 0.769. The molecule has 1 aliphatic rings. The fourth-order valence-corrected chi connectivity index (χ4v) is 2.60. The molecule has 1 fully saturated rings. The predicted octanol–water partition coefficient (Wildman–Crippen LogP) is 0.538. The van der Waals surface area contributed by atoms with Gasteiger partial charge in [0.2, 0.25) is 0 Å². The van der Waals surface area contributed by atoms with Crippen molar-refractivity contribution in [2.75, 3.05) is 19.8 Å². The van der Waals surface area contributed by atoms with Gasteiger partial charge in [0.1, 0.15) is 11.4 Å². The molecule has 0 aliphatic carbocycles. The highest BCUT2D eigenvalue weighted by Gasteiger charge is 2.23. The Hall–Kier alpha value is -1.51. The van der Waals surface area contributed by atoms with Gasteiger partial charge in [-0.2, -0.15) is 5.10 Å². The first-order chi connectivity index (χ1) is 9.99. The van der Waals surface area contributed by atoms with Crippen molar-refractivity contribution in [1.82, 2.24) is 15.1 Å². The minimum atomic E-state index is -0.649. The van der Waals surface area contributed by atoms with Crippen LogP contribution in [0.4, 0.5) is 5.69 Å². The monoisotopic (exact) mass is 298 g/mol. The van der Waals surface area contributed by atoms with Crippen LogP contribution in [-0.2, 0) is 11.3 Å². The molecule has 0 amide bonds. The van der Waals surface area contributed by atoms with Crippen molar-refractivity contribution in [2.24, 2.45) is 0 Å². The lowest BCUT2D eigenvalue weighted by atomic mass is 10.1. The Labute approximate surface area is 123 Å². The van der Waals surface area contributed by atoms with E-state index >= 15 is 0 Å². The number of aliphatic hydroxyl groups is 1. The van der Waals surface area contributed by atoms with Gasteiger partial charge in [-0.3, -0.25) is 14.8 Å². The maximum Gasteiger partial charge on any atom is 0.312 e. The highest BCUT2D eigenvalue weighted by atomic mass is 16.6. The third kappa shape index (κ3) is 3.99. The second-order valence-electron chi connectivity index (χ2n) is 5.43. The molecule has 0 radical (unpaired) electrons. The van der Waals surface area contributed by atoms with E-state index in [1.165, 1.54) is 4.68 Å². The Bertz CT molecular complexity index is 497. The van der Waals surface area contributed by atoms with E-state index < -0.39 is 11.0 Å². The Morgan fingerprint density at radius 2 is 2.38 bits per heavy atom. The van der Waals surface area contributed by atoms with Gasteiger partial charge in [0, 0.05) is 19.2 Å². The van der Waals surface area contributed by atoms with E-state index in [-0.39, 0.29) is 18.3 Å². The van der Waals surface area contributed by atoms with Crippen LogP contribution in [0.25, 0.3) is 0 Å². The number of aliphatic hydroxyl groups excluding tert-OH is 1. The number of nitrogens with one attached hydrogen (secondary N) is 1. The Balaban J connectivity index is 1.89. The van der Waals surface area contributed by atoms with E-state index in [1.807, 2.05) is 0 Å². The highest BCUT2D eigenvalue weighted by Crippen LogP contribution is 2.21. The maximum atomic E-state index is 10.9. The molecule has 0 aromatic carbocycles. The lowest BCUT2D eigenvalue weighted by Gasteiger charge is -2.24. The zero-order valence-corrected chi connectivity index (χ0v) is 12.4. The number of nitro groups is 1. The standard InChI is InChI=1S/C13H22N4O4/c1-9-13(17(19)20)10(2)16(15-9)7-12(18)6-14-11-4-3-5-21-8-11/h11-12,14,18H,3-8H2,1-2H3. The zero-order valence-electron chi connectivity index (χ0n) is 12.4. The van der Waals surface area contributed by atoms with E-state index in [9.17, 15) is 15.2 Å². The summed E-state index contributed by atoms with van der Waals surface area (Å²) in [5.41, 5.74) is 0.867. The molecular weight excluding hydrogens is 276 g/mol. The topological polar surface area (TPSA) is 102 Å². The number of ether oxygens (including phenoxy) is 1. The van der Waals surface area contributed by atoms with E-state index in [0.29, 0.717) is 24.5 Å². The molecule has 21 heavy (non-hydrogen) atoms. The van der Waals surface area contributed by atoms with E-state index in [0.717, 1.165) is 19.4 Å². The molecule has 0 spiro atoms. The summed E-state index contributed by atoms with van der Waals surface area (Å²) in [4.78, 5) is 10.5. The van der Waals surface area contributed by atoms with Crippen molar-refractivity contribution < 1.29 is 14.8 Å². The minimum absolute atomic E-state index is 0.0239. The maximum absolute atomic E-state index is 10.9. The molecule has 2 atom stereocenters. The average molecular weight is 298 g/mol. The van der Waals surface area contributed by atoms with Crippen LogP contribution in [0.1, 0.15) is 24.2 Å². The van der Waals surface area contributed by atoms with Crippen molar-refractivity contribution in [3.63, 3.8) is 0 Å². The van der Waals surface area contributed by atoms with Gasteiger partial charge in [-0.25, -0.2) is 0 Å². The Morgan fingerprint density at radius 3 is 2.95 bits per heavy atom. The Morgan fingerprint density at radius 1 is 1.62 bits per heavy atom. The lowest BCUT2D eigenvalue weighted by Crippen LogP contribution is -2.42. The Kier molecular flexibility index (Phi) is 5.27. The van der Waals surface area contributed by atoms with Crippen LogP contribution >= 0.6 is 0 Å². The van der Waals surface area contributed by atoms with Crippen LogP contribution < -0.4 is 5.32 Å². The lowest BCUT2D eigenvalue weighted by molar-refractivity contribution is -0.386. The van der Waals surface area contributed by atoms with Crippen molar-refractivity contribution in [3.8, 4) is 0 Å². The molecule has 1 aromatic heterocycles. The normalized spacial score (nSPS) is 20.4. The summed E-state index contributed by atoms with van der Waals surface area (Å²) in [5.74, 6) is 0. The summed E-state index contributed by atoms with van der Waals surface area (Å²) in [6.07, 6.45) is 1.42. The van der Waals surface area contributed by atoms with Crippen LogP contribution in [0, 0.1) is 24.0 Å². The first-order valence-corrected chi connectivity index (χ1v) is 7.16. The van der Waals surface area contributed by atoms with E-state index in [1.54, 1.807) is 13.8 Å². The molecule has 1 aromatic rings. The van der Waals surface area contributed by atoms with Crippen LogP contribution in [0.3, 0.4) is 0 Å². The molecule has 8 heteroatoms. The summed E-state index contributed by atoms with van der Waals surface area (Å²) in [7, 11) is 0. The molecular formula is C13H22N4O4. The van der Waals surface area contributed by atoms with Gasteiger partial charge in [-0.15, -0.1) is 0 Å². The van der Waals surface area contributed by atoms with E-state index in [2.05, 4.69) is 10.4 Å². The SMILES string of the molecule is Cc1nn(CC(O)CNC2CCCOC2)c(C)c1[N+](=O)[O-]. The van der Waals surface area contributed by atoms with Crippen LogP contribution in [0.2, 0.25) is 0 Å². The van der Waals surface area contributed by atoms with Gasteiger partial charge in [0.05, 0.1) is 24.2 Å². The van der Waals surface area contributed by atoms with Crippen LogP contribution in [0.15, 0.2) is 0 Å². The van der Waals surface area contributed by atoms with Gasteiger partial charge in [-0.05, 0) is 26.7 Å². The van der Waals surface area contributed by atoms with Crippen LogP contribution in [-0.4, -0.2) is 51.7 Å². The fourth-order valence-electron chi connectivity index (χ4n) is 2.60. The number of aromatic nitrogens is 2. The first kappa shape index (κ1) is 15.9. The van der Waals surface area contributed by atoms with Crippen molar-refractivity contribution in [3.05, 3.63) is 21.5 Å². The molecule has 1 saturated heterocycles. The second-order valence-corrected chi connectivity index (χ2v) is 5.43. The van der Waals surface area contributed by atoms with Gasteiger partial charge in [0.15, 0.2) is 0 Å². The third-order valence-electron chi connectivity index (χ3n) is 3.71. The number of rotatable bonds is 6. The highest BCUT2D eigenvalue weighted by molar-refractivity contribution is 5.39. The van der Waals surface area contributed by atoms with Crippen molar-refractivity contribution in [2.45, 2.75) is 45.4 Å². The molecule has 8 nitrogen and oxygen atoms in total. The number of nitrogens with zero attached hydrogens (tertiary/aromatic N) is 3. The first-order valence-electron chi connectivity index (χ1n) is 7.16. The number of aryl methyl sites for hydroxylation is 1.